The van der Waals surface area contributed by atoms with Crippen LogP contribution in [0.2, 0.25) is 10.0 Å². The van der Waals surface area contributed by atoms with Gasteiger partial charge in [0.2, 0.25) is 5.91 Å². The Kier molecular flexibility index (Phi) is 5.46. The maximum absolute atomic E-state index is 13.4. The minimum atomic E-state index is -0.405. The molecule has 0 aliphatic carbocycles. The second-order valence-corrected chi connectivity index (χ2v) is 7.47. The maximum Gasteiger partial charge on any atom is 0.265 e. The van der Waals surface area contributed by atoms with Crippen molar-refractivity contribution in [1.29, 1.82) is 0 Å². The minimum Gasteiger partial charge on any atom is -0.332 e. The quantitative estimate of drug-likeness (QED) is 0.653. The lowest BCUT2D eigenvalue weighted by molar-refractivity contribution is -0.116. The summed E-state index contributed by atoms with van der Waals surface area (Å²) in [5, 5.41) is 4.04. The number of nitrogens with zero attached hydrogens (tertiary/aromatic N) is 1. The van der Waals surface area contributed by atoms with E-state index in [0.29, 0.717) is 20.8 Å². The van der Waals surface area contributed by atoms with E-state index in [1.54, 1.807) is 24.3 Å². The summed E-state index contributed by atoms with van der Waals surface area (Å²) in [6.45, 7) is -0.162. The fourth-order valence-electron chi connectivity index (χ4n) is 2.40. The summed E-state index contributed by atoms with van der Waals surface area (Å²) in [5.41, 5.74) is 0.540. The van der Waals surface area contributed by atoms with Crippen molar-refractivity contribution in [2.75, 3.05) is 18.9 Å². The lowest BCUT2D eigenvalue weighted by atomic mass is 10.2. The van der Waals surface area contributed by atoms with Crippen molar-refractivity contribution in [3.63, 3.8) is 0 Å². The first-order valence-corrected chi connectivity index (χ1v) is 9.11. The van der Waals surface area contributed by atoms with E-state index in [-0.39, 0.29) is 22.4 Å². The van der Waals surface area contributed by atoms with Crippen LogP contribution in [-0.2, 0) is 4.79 Å². The molecule has 0 fully saturated rings. The lowest BCUT2D eigenvalue weighted by Gasteiger charge is -2.16. The number of likely N-dealkylation sites (N-methyl/N-ethyl adjacent to an activating group) is 1. The van der Waals surface area contributed by atoms with E-state index in [4.69, 9.17) is 23.2 Å². The number of carbonyl (C=O) groups is 2. The average Bonchev–Trinajstić information content (AvgIpc) is 2.90. The highest BCUT2D eigenvalue weighted by Gasteiger charge is 2.22. The molecule has 2 aromatic carbocycles. The summed E-state index contributed by atoms with van der Waals surface area (Å²) >= 11 is 13.2. The van der Waals surface area contributed by atoms with Crippen molar-refractivity contribution >= 4 is 62.1 Å². The van der Waals surface area contributed by atoms with E-state index in [2.05, 4.69) is 5.32 Å². The van der Waals surface area contributed by atoms with Gasteiger partial charge in [-0.3, -0.25) is 9.59 Å². The van der Waals surface area contributed by atoms with Crippen molar-refractivity contribution in [3.8, 4) is 0 Å². The number of carbonyl (C=O) groups excluding carboxylic acids is 2. The summed E-state index contributed by atoms with van der Waals surface area (Å²) in [4.78, 5) is 26.3. The zero-order chi connectivity index (χ0) is 18.8. The van der Waals surface area contributed by atoms with Crippen LogP contribution in [0.25, 0.3) is 10.1 Å². The molecule has 0 aliphatic rings. The smallest absolute Gasteiger partial charge is 0.265 e. The Hall–Kier alpha value is -2.15. The van der Waals surface area contributed by atoms with Gasteiger partial charge in [-0.05, 0) is 36.4 Å². The number of amides is 2. The standard InChI is InChI=1S/C18H13Cl2FN2O2S/c1-23(9-15(24)22-12-4-2-3-10(19)7-12)18(25)17-16(20)13-6-5-11(21)8-14(13)26-17/h2-8H,9H2,1H3,(H,22,24). The number of hydrogen-bond donors (Lipinski definition) is 1. The van der Waals surface area contributed by atoms with Crippen LogP contribution in [0, 0.1) is 5.82 Å². The fraction of sp³-hybridized carbons (Fsp3) is 0.111. The van der Waals surface area contributed by atoms with Gasteiger partial charge < -0.3 is 10.2 Å². The van der Waals surface area contributed by atoms with Gasteiger partial charge >= 0.3 is 0 Å². The Morgan fingerprint density at radius 1 is 1.19 bits per heavy atom. The summed E-state index contributed by atoms with van der Waals surface area (Å²) < 4.78 is 13.9. The summed E-state index contributed by atoms with van der Waals surface area (Å²) in [6.07, 6.45) is 0. The van der Waals surface area contributed by atoms with Crippen molar-refractivity contribution in [2.45, 2.75) is 0 Å². The third kappa shape index (κ3) is 3.98. The highest BCUT2D eigenvalue weighted by Crippen LogP contribution is 2.36. The molecule has 0 saturated carbocycles. The molecule has 0 radical (unpaired) electrons. The zero-order valence-electron chi connectivity index (χ0n) is 13.6. The summed E-state index contributed by atoms with van der Waals surface area (Å²) in [7, 11) is 1.50. The van der Waals surface area contributed by atoms with E-state index in [9.17, 15) is 14.0 Å². The van der Waals surface area contributed by atoms with Gasteiger partial charge in [0.05, 0.1) is 11.6 Å². The van der Waals surface area contributed by atoms with Gasteiger partial charge in [0.1, 0.15) is 10.7 Å². The van der Waals surface area contributed by atoms with Crippen molar-refractivity contribution < 1.29 is 14.0 Å². The molecule has 0 bridgehead atoms. The molecule has 3 aromatic rings. The number of rotatable bonds is 4. The van der Waals surface area contributed by atoms with Crippen LogP contribution in [0.1, 0.15) is 9.67 Å². The number of thiophene rings is 1. The number of halogens is 3. The van der Waals surface area contributed by atoms with Crippen LogP contribution in [0.3, 0.4) is 0 Å². The normalized spacial score (nSPS) is 10.8. The third-order valence-corrected chi connectivity index (χ3v) is 5.50. The number of hydrogen-bond acceptors (Lipinski definition) is 3. The predicted molar refractivity (Wildman–Crippen MR) is 104 cm³/mol. The Morgan fingerprint density at radius 3 is 2.69 bits per heavy atom. The molecule has 1 heterocycles. The molecule has 3 rings (SSSR count). The minimum absolute atomic E-state index is 0.162. The van der Waals surface area contributed by atoms with E-state index in [1.807, 2.05) is 0 Å². The lowest BCUT2D eigenvalue weighted by Crippen LogP contribution is -2.34. The molecule has 0 spiro atoms. The average molecular weight is 411 g/mol. The molecule has 0 unspecified atom stereocenters. The first-order valence-electron chi connectivity index (χ1n) is 7.53. The molecule has 0 saturated heterocycles. The van der Waals surface area contributed by atoms with Gasteiger partial charge in [0.25, 0.3) is 5.91 Å². The van der Waals surface area contributed by atoms with Gasteiger partial charge in [0, 0.05) is 27.8 Å². The molecule has 4 nitrogen and oxygen atoms in total. The summed E-state index contributed by atoms with van der Waals surface area (Å²) in [5.74, 6) is -1.17. The number of nitrogens with one attached hydrogen (secondary N) is 1. The SMILES string of the molecule is CN(CC(=O)Nc1cccc(Cl)c1)C(=O)c1sc2cc(F)ccc2c1Cl. The monoisotopic (exact) mass is 410 g/mol. The van der Waals surface area contributed by atoms with E-state index >= 15 is 0 Å². The summed E-state index contributed by atoms with van der Waals surface area (Å²) in [6, 6.07) is 10.9. The second-order valence-electron chi connectivity index (χ2n) is 5.61. The van der Waals surface area contributed by atoms with Crippen LogP contribution in [-0.4, -0.2) is 30.3 Å². The Bertz CT molecular complexity index is 1010. The van der Waals surface area contributed by atoms with Crippen LogP contribution in [0.4, 0.5) is 10.1 Å². The number of fused-ring (bicyclic) bond motifs is 1. The van der Waals surface area contributed by atoms with Gasteiger partial charge in [-0.2, -0.15) is 0 Å². The molecule has 0 atom stereocenters. The van der Waals surface area contributed by atoms with Crippen molar-refractivity contribution in [1.82, 2.24) is 4.90 Å². The Balaban J connectivity index is 1.73. The highest BCUT2D eigenvalue weighted by molar-refractivity contribution is 7.21. The van der Waals surface area contributed by atoms with Crippen LogP contribution in [0.5, 0.6) is 0 Å². The van der Waals surface area contributed by atoms with Gasteiger partial charge in [-0.25, -0.2) is 4.39 Å². The molecular formula is C18H13Cl2FN2O2S. The van der Waals surface area contributed by atoms with Gasteiger partial charge in [-0.15, -0.1) is 11.3 Å². The van der Waals surface area contributed by atoms with E-state index in [0.717, 1.165) is 11.3 Å². The van der Waals surface area contributed by atoms with E-state index < -0.39 is 11.7 Å². The van der Waals surface area contributed by atoms with Crippen molar-refractivity contribution in [2.24, 2.45) is 0 Å². The number of anilines is 1. The Labute approximate surface area is 163 Å². The van der Waals surface area contributed by atoms with Crippen LogP contribution < -0.4 is 5.32 Å². The zero-order valence-corrected chi connectivity index (χ0v) is 15.9. The molecule has 0 aliphatic heterocycles. The van der Waals surface area contributed by atoms with Crippen LogP contribution in [0.15, 0.2) is 42.5 Å². The maximum atomic E-state index is 13.4. The largest absolute Gasteiger partial charge is 0.332 e. The molecule has 1 N–H and O–H groups in total. The molecule has 2 amide bonds. The highest BCUT2D eigenvalue weighted by atomic mass is 35.5. The topological polar surface area (TPSA) is 49.4 Å². The molecule has 1 aromatic heterocycles. The predicted octanol–water partition coefficient (Wildman–Crippen LogP) is 5.06. The Morgan fingerprint density at radius 2 is 1.96 bits per heavy atom. The molecular weight excluding hydrogens is 398 g/mol. The van der Waals surface area contributed by atoms with E-state index in [1.165, 1.54) is 30.1 Å². The molecule has 134 valence electrons. The molecule has 8 heteroatoms. The first kappa shape index (κ1) is 18.6. The second kappa shape index (κ2) is 7.61. The van der Waals surface area contributed by atoms with Gasteiger partial charge in [0.15, 0.2) is 0 Å². The fourth-order valence-corrected chi connectivity index (χ4v) is 4.13. The van der Waals surface area contributed by atoms with Crippen LogP contribution >= 0.6 is 34.5 Å². The third-order valence-electron chi connectivity index (χ3n) is 3.62. The first-order chi connectivity index (χ1) is 12.3. The molecule has 26 heavy (non-hydrogen) atoms. The van der Waals surface area contributed by atoms with Crippen molar-refractivity contribution in [3.05, 3.63) is 63.2 Å². The van der Waals surface area contributed by atoms with Gasteiger partial charge in [-0.1, -0.05) is 29.3 Å². The number of benzene rings is 2.